The van der Waals surface area contributed by atoms with Crippen LogP contribution in [0.25, 0.3) is 11.0 Å². The molecule has 3 aromatic rings. The summed E-state index contributed by atoms with van der Waals surface area (Å²) in [5.41, 5.74) is 8.57. The van der Waals surface area contributed by atoms with Crippen LogP contribution in [0.5, 0.6) is 0 Å². The second-order valence-corrected chi connectivity index (χ2v) is 7.32. The van der Waals surface area contributed by atoms with Crippen molar-refractivity contribution in [3.8, 4) is 0 Å². The average molecular weight is 373 g/mol. The first-order valence-electron chi connectivity index (χ1n) is 9.04. The molecule has 1 aliphatic rings. The molecule has 2 atom stereocenters. The van der Waals surface area contributed by atoms with E-state index in [1.807, 2.05) is 28.8 Å². The number of benzene rings is 2. The highest BCUT2D eigenvalue weighted by molar-refractivity contribution is 6.31. The monoisotopic (exact) mass is 372 g/mol. The summed E-state index contributed by atoms with van der Waals surface area (Å²) in [7, 11) is 0. The minimum Gasteiger partial charge on any atom is -0.351 e. The predicted molar refractivity (Wildman–Crippen MR) is 104 cm³/mol. The molecule has 3 N–H and O–H groups in total. The molecule has 1 saturated carbocycles. The van der Waals surface area contributed by atoms with Crippen molar-refractivity contribution in [3.05, 3.63) is 58.9 Å². The SMILES string of the molecule is NC1CCCCC1Nc1nc2ccccc2n1Cc1c(F)cccc1Cl. The topological polar surface area (TPSA) is 55.9 Å². The number of aromatic nitrogens is 2. The fourth-order valence-electron chi connectivity index (χ4n) is 3.69. The maximum Gasteiger partial charge on any atom is 0.204 e. The number of halogens is 2. The van der Waals surface area contributed by atoms with Gasteiger partial charge in [-0.05, 0) is 37.1 Å². The maximum absolute atomic E-state index is 14.3. The zero-order valence-corrected chi connectivity index (χ0v) is 15.2. The Hall–Kier alpha value is -2.11. The van der Waals surface area contributed by atoms with E-state index in [1.165, 1.54) is 12.5 Å². The Balaban J connectivity index is 1.74. The van der Waals surface area contributed by atoms with E-state index < -0.39 is 0 Å². The number of imidazole rings is 1. The van der Waals surface area contributed by atoms with Gasteiger partial charge in [-0.2, -0.15) is 0 Å². The molecule has 1 aliphatic carbocycles. The Kier molecular flexibility index (Phi) is 4.83. The number of nitrogens with one attached hydrogen (secondary N) is 1. The van der Waals surface area contributed by atoms with Crippen molar-refractivity contribution < 1.29 is 4.39 Å². The molecule has 1 fully saturated rings. The molecule has 136 valence electrons. The van der Waals surface area contributed by atoms with Crippen LogP contribution in [0.2, 0.25) is 5.02 Å². The summed E-state index contributed by atoms with van der Waals surface area (Å²) in [6.07, 6.45) is 4.35. The molecule has 6 heteroatoms. The maximum atomic E-state index is 14.3. The van der Waals surface area contributed by atoms with E-state index in [-0.39, 0.29) is 17.9 Å². The highest BCUT2D eigenvalue weighted by Gasteiger charge is 2.24. The lowest BCUT2D eigenvalue weighted by atomic mass is 9.91. The molecule has 4 nitrogen and oxygen atoms in total. The van der Waals surface area contributed by atoms with Crippen molar-refractivity contribution in [2.45, 2.75) is 44.3 Å². The smallest absolute Gasteiger partial charge is 0.204 e. The molecular weight excluding hydrogens is 351 g/mol. The molecule has 1 heterocycles. The van der Waals surface area contributed by atoms with Gasteiger partial charge in [-0.25, -0.2) is 9.37 Å². The Morgan fingerprint density at radius 2 is 1.96 bits per heavy atom. The highest BCUT2D eigenvalue weighted by atomic mass is 35.5. The van der Waals surface area contributed by atoms with Crippen LogP contribution in [0.15, 0.2) is 42.5 Å². The summed E-state index contributed by atoms with van der Waals surface area (Å²) in [6, 6.07) is 12.9. The van der Waals surface area contributed by atoms with E-state index in [0.29, 0.717) is 23.1 Å². The fourth-order valence-corrected chi connectivity index (χ4v) is 3.91. The second kappa shape index (κ2) is 7.25. The van der Waals surface area contributed by atoms with Gasteiger partial charge in [0.1, 0.15) is 5.82 Å². The molecular formula is C20H22ClFN4. The summed E-state index contributed by atoms with van der Waals surface area (Å²) in [5, 5.41) is 3.93. The van der Waals surface area contributed by atoms with Crippen molar-refractivity contribution in [2.24, 2.45) is 5.73 Å². The van der Waals surface area contributed by atoms with Gasteiger partial charge < -0.3 is 15.6 Å². The molecule has 2 aromatic carbocycles. The molecule has 2 unspecified atom stereocenters. The summed E-state index contributed by atoms with van der Waals surface area (Å²) in [6.45, 7) is 0.316. The Morgan fingerprint density at radius 1 is 1.15 bits per heavy atom. The molecule has 4 rings (SSSR count). The number of rotatable bonds is 4. The van der Waals surface area contributed by atoms with E-state index in [2.05, 4.69) is 5.32 Å². The van der Waals surface area contributed by atoms with Gasteiger partial charge in [-0.1, -0.05) is 42.6 Å². The lowest BCUT2D eigenvalue weighted by Crippen LogP contribution is -2.43. The van der Waals surface area contributed by atoms with E-state index in [0.717, 1.165) is 30.3 Å². The summed E-state index contributed by atoms with van der Waals surface area (Å²) in [4.78, 5) is 4.73. The van der Waals surface area contributed by atoms with Crippen molar-refractivity contribution >= 4 is 28.6 Å². The van der Waals surface area contributed by atoms with Crippen molar-refractivity contribution in [1.82, 2.24) is 9.55 Å². The van der Waals surface area contributed by atoms with Crippen LogP contribution in [0, 0.1) is 5.82 Å². The van der Waals surface area contributed by atoms with E-state index >= 15 is 0 Å². The number of hydrogen-bond donors (Lipinski definition) is 2. The number of hydrogen-bond acceptors (Lipinski definition) is 3. The highest BCUT2D eigenvalue weighted by Crippen LogP contribution is 2.28. The van der Waals surface area contributed by atoms with Gasteiger partial charge in [-0.3, -0.25) is 0 Å². The van der Waals surface area contributed by atoms with E-state index in [4.69, 9.17) is 22.3 Å². The molecule has 0 spiro atoms. The second-order valence-electron chi connectivity index (χ2n) is 6.91. The number of para-hydroxylation sites is 2. The summed E-state index contributed by atoms with van der Waals surface area (Å²) < 4.78 is 16.3. The predicted octanol–water partition coefficient (Wildman–Crippen LogP) is 4.56. The van der Waals surface area contributed by atoms with Crippen molar-refractivity contribution in [3.63, 3.8) is 0 Å². The number of anilines is 1. The van der Waals surface area contributed by atoms with Crippen LogP contribution in [0.1, 0.15) is 31.2 Å². The van der Waals surface area contributed by atoms with E-state index in [9.17, 15) is 4.39 Å². The Morgan fingerprint density at radius 3 is 2.77 bits per heavy atom. The molecule has 0 radical (unpaired) electrons. The lowest BCUT2D eigenvalue weighted by Gasteiger charge is -2.30. The van der Waals surface area contributed by atoms with Crippen LogP contribution < -0.4 is 11.1 Å². The van der Waals surface area contributed by atoms with Gasteiger partial charge in [0.05, 0.1) is 17.6 Å². The third-order valence-electron chi connectivity index (χ3n) is 5.17. The number of fused-ring (bicyclic) bond motifs is 1. The van der Waals surface area contributed by atoms with Gasteiger partial charge in [0.15, 0.2) is 0 Å². The third kappa shape index (κ3) is 3.29. The first-order valence-corrected chi connectivity index (χ1v) is 9.41. The summed E-state index contributed by atoms with van der Waals surface area (Å²) in [5.74, 6) is 0.406. The molecule has 0 aliphatic heterocycles. The van der Waals surface area contributed by atoms with Crippen LogP contribution in [0.3, 0.4) is 0 Å². The van der Waals surface area contributed by atoms with Gasteiger partial charge in [0.25, 0.3) is 0 Å². The van der Waals surface area contributed by atoms with E-state index in [1.54, 1.807) is 12.1 Å². The first-order chi connectivity index (χ1) is 12.6. The zero-order chi connectivity index (χ0) is 18.1. The Bertz CT molecular complexity index is 903. The average Bonchev–Trinajstić information content (AvgIpc) is 2.97. The van der Waals surface area contributed by atoms with Crippen LogP contribution in [-0.4, -0.2) is 21.6 Å². The normalized spacial score (nSPS) is 20.4. The molecule has 0 amide bonds. The van der Waals surface area contributed by atoms with Gasteiger partial charge >= 0.3 is 0 Å². The first kappa shape index (κ1) is 17.3. The molecule has 1 aromatic heterocycles. The minimum atomic E-state index is -0.310. The largest absolute Gasteiger partial charge is 0.351 e. The molecule has 0 bridgehead atoms. The van der Waals surface area contributed by atoms with Gasteiger partial charge in [0, 0.05) is 22.7 Å². The third-order valence-corrected chi connectivity index (χ3v) is 5.52. The fraction of sp³-hybridized carbons (Fsp3) is 0.350. The lowest BCUT2D eigenvalue weighted by molar-refractivity contribution is 0.401. The van der Waals surface area contributed by atoms with Crippen LogP contribution in [0.4, 0.5) is 10.3 Å². The quantitative estimate of drug-likeness (QED) is 0.705. The standard InChI is InChI=1S/C20H22ClFN4/c21-14-6-5-7-15(22)13(14)12-26-19-11-4-3-10-18(19)25-20(26)24-17-9-2-1-8-16(17)23/h3-7,10-11,16-17H,1-2,8-9,12,23H2,(H,24,25). The summed E-state index contributed by atoms with van der Waals surface area (Å²) >= 11 is 6.25. The van der Waals surface area contributed by atoms with Crippen LogP contribution >= 0.6 is 11.6 Å². The number of nitrogens with zero attached hydrogens (tertiary/aromatic N) is 2. The number of nitrogens with two attached hydrogens (primary N) is 1. The van der Waals surface area contributed by atoms with Gasteiger partial charge in [0.2, 0.25) is 5.95 Å². The van der Waals surface area contributed by atoms with Crippen molar-refractivity contribution in [1.29, 1.82) is 0 Å². The zero-order valence-electron chi connectivity index (χ0n) is 14.5. The Labute approximate surface area is 157 Å². The van der Waals surface area contributed by atoms with Gasteiger partial charge in [-0.15, -0.1) is 0 Å². The molecule has 0 saturated heterocycles. The minimum absolute atomic E-state index is 0.106. The molecule has 26 heavy (non-hydrogen) atoms. The van der Waals surface area contributed by atoms with Crippen LogP contribution in [-0.2, 0) is 6.54 Å². The van der Waals surface area contributed by atoms with Crippen molar-refractivity contribution in [2.75, 3.05) is 5.32 Å².